The zero-order valence-corrected chi connectivity index (χ0v) is 17.0. The zero-order chi connectivity index (χ0) is 19.6. The van der Waals surface area contributed by atoms with Gasteiger partial charge in [0.1, 0.15) is 0 Å². The number of rotatable bonds is 5. The topological polar surface area (TPSA) is 68.0 Å². The molecule has 0 bridgehead atoms. The molecule has 1 amide bonds. The Morgan fingerprint density at radius 2 is 1.78 bits per heavy atom. The van der Waals surface area contributed by atoms with Gasteiger partial charge in [-0.15, -0.1) is 10.2 Å². The van der Waals surface area contributed by atoms with Crippen LogP contribution in [0.4, 0.5) is 5.69 Å². The molecular weight excluding hydrogens is 358 g/mol. The molecule has 1 N–H and O–H groups in total. The van der Waals surface area contributed by atoms with Crippen LogP contribution in [0.1, 0.15) is 29.2 Å². The number of nitrogens with one attached hydrogen (secondary N) is 1. The maximum absolute atomic E-state index is 12.5. The first-order valence-corrected chi connectivity index (χ1v) is 9.67. The number of hydrogen-bond donors (Lipinski definition) is 1. The number of carbonyl (C=O) groups is 1. The molecule has 140 valence electrons. The van der Waals surface area contributed by atoms with Gasteiger partial charge in [0.15, 0.2) is 0 Å². The van der Waals surface area contributed by atoms with Crippen LogP contribution in [0.2, 0.25) is 0 Å². The Morgan fingerprint density at radius 1 is 1.00 bits per heavy atom. The lowest BCUT2D eigenvalue weighted by Gasteiger charge is -2.12. The van der Waals surface area contributed by atoms with E-state index in [1.54, 1.807) is 0 Å². The monoisotopic (exact) mass is 381 g/mol. The molecule has 0 spiro atoms. The van der Waals surface area contributed by atoms with Crippen LogP contribution in [-0.4, -0.2) is 21.4 Å². The van der Waals surface area contributed by atoms with Gasteiger partial charge in [-0.3, -0.25) is 4.79 Å². The quantitative estimate of drug-likeness (QED) is 0.624. The summed E-state index contributed by atoms with van der Waals surface area (Å²) in [6, 6.07) is 12.0. The van der Waals surface area contributed by atoms with Gasteiger partial charge in [0.05, 0.1) is 5.25 Å². The third-order valence-corrected chi connectivity index (χ3v) is 5.38. The Hall–Kier alpha value is -2.60. The summed E-state index contributed by atoms with van der Waals surface area (Å²) >= 11 is 1.25. The highest BCUT2D eigenvalue weighted by Gasteiger charge is 2.19. The average Bonchev–Trinajstić information content (AvgIpc) is 3.08. The standard InChI is InChI=1S/C21H23N3O2S/c1-12-6-9-18(15(4)10-12)22-19(25)16(5)27-21-24-23-20(26-21)17-8-7-13(2)14(3)11-17/h6-11,16H,1-5H3,(H,22,25)/t16-/m1/s1. The maximum atomic E-state index is 12.5. The van der Waals surface area contributed by atoms with E-state index < -0.39 is 0 Å². The average molecular weight is 382 g/mol. The Labute approximate surface area is 163 Å². The van der Waals surface area contributed by atoms with Gasteiger partial charge in [-0.25, -0.2) is 0 Å². The van der Waals surface area contributed by atoms with Crippen molar-refractivity contribution < 1.29 is 9.21 Å². The molecule has 0 aliphatic rings. The fourth-order valence-electron chi connectivity index (χ4n) is 2.64. The van der Waals surface area contributed by atoms with Crippen LogP contribution < -0.4 is 5.32 Å². The second-order valence-electron chi connectivity index (χ2n) is 6.74. The van der Waals surface area contributed by atoms with Gasteiger partial charge >= 0.3 is 0 Å². The molecule has 0 fully saturated rings. The third-order valence-electron chi connectivity index (χ3n) is 4.45. The molecule has 0 aliphatic heterocycles. The predicted octanol–water partition coefficient (Wildman–Crippen LogP) is 5.09. The molecule has 0 unspecified atom stereocenters. The van der Waals surface area contributed by atoms with E-state index >= 15 is 0 Å². The number of aromatic nitrogens is 2. The van der Waals surface area contributed by atoms with Crippen LogP contribution in [0.3, 0.4) is 0 Å². The van der Waals surface area contributed by atoms with Crippen molar-refractivity contribution in [2.24, 2.45) is 0 Å². The first-order valence-electron chi connectivity index (χ1n) is 8.79. The van der Waals surface area contributed by atoms with Gasteiger partial charge in [0, 0.05) is 11.3 Å². The lowest BCUT2D eigenvalue weighted by Crippen LogP contribution is -2.22. The van der Waals surface area contributed by atoms with Gasteiger partial charge < -0.3 is 9.73 Å². The molecular formula is C21H23N3O2S. The zero-order valence-electron chi connectivity index (χ0n) is 16.2. The maximum Gasteiger partial charge on any atom is 0.277 e. The second kappa shape index (κ2) is 7.96. The van der Waals surface area contributed by atoms with E-state index in [1.165, 1.54) is 22.9 Å². The predicted molar refractivity (Wildman–Crippen MR) is 109 cm³/mol. The van der Waals surface area contributed by atoms with Crippen LogP contribution in [0.15, 0.2) is 46.0 Å². The molecule has 1 atom stereocenters. The number of thioether (sulfide) groups is 1. The van der Waals surface area contributed by atoms with E-state index in [-0.39, 0.29) is 11.2 Å². The van der Waals surface area contributed by atoms with Crippen molar-refractivity contribution in [1.82, 2.24) is 10.2 Å². The highest BCUT2D eigenvalue weighted by Crippen LogP contribution is 2.28. The van der Waals surface area contributed by atoms with Gasteiger partial charge in [-0.2, -0.15) is 0 Å². The molecule has 1 aromatic heterocycles. The Kier molecular flexibility index (Phi) is 5.65. The second-order valence-corrected chi connectivity index (χ2v) is 8.03. The fourth-order valence-corrected chi connectivity index (χ4v) is 3.32. The smallest absolute Gasteiger partial charge is 0.277 e. The van der Waals surface area contributed by atoms with Crippen molar-refractivity contribution in [2.45, 2.75) is 45.1 Å². The minimum Gasteiger partial charge on any atom is -0.411 e. The molecule has 3 rings (SSSR count). The van der Waals surface area contributed by atoms with Crippen LogP contribution in [0, 0.1) is 27.7 Å². The number of benzene rings is 2. The number of hydrogen-bond acceptors (Lipinski definition) is 5. The van der Waals surface area contributed by atoms with Crippen molar-refractivity contribution in [3.8, 4) is 11.5 Å². The summed E-state index contributed by atoms with van der Waals surface area (Å²) in [6.45, 7) is 9.94. The highest BCUT2D eigenvalue weighted by molar-refractivity contribution is 8.00. The molecule has 0 saturated carbocycles. The molecule has 2 aromatic carbocycles. The van der Waals surface area contributed by atoms with Crippen LogP contribution >= 0.6 is 11.8 Å². The summed E-state index contributed by atoms with van der Waals surface area (Å²) in [5.41, 5.74) is 6.28. The number of aryl methyl sites for hydroxylation is 4. The molecule has 0 saturated heterocycles. The highest BCUT2D eigenvalue weighted by atomic mass is 32.2. The molecule has 3 aromatic rings. The summed E-state index contributed by atoms with van der Waals surface area (Å²) in [6.07, 6.45) is 0. The van der Waals surface area contributed by atoms with E-state index in [4.69, 9.17) is 4.42 Å². The largest absolute Gasteiger partial charge is 0.411 e. The van der Waals surface area contributed by atoms with Gasteiger partial charge in [0.25, 0.3) is 5.22 Å². The lowest BCUT2D eigenvalue weighted by atomic mass is 10.1. The number of amides is 1. The number of anilines is 1. The van der Waals surface area contributed by atoms with Gasteiger partial charge in [0.2, 0.25) is 11.8 Å². The summed E-state index contributed by atoms with van der Waals surface area (Å²) in [7, 11) is 0. The minimum atomic E-state index is -0.362. The van der Waals surface area contributed by atoms with Crippen molar-refractivity contribution in [3.05, 3.63) is 58.7 Å². The Morgan fingerprint density at radius 3 is 2.48 bits per heavy atom. The van der Waals surface area contributed by atoms with E-state index in [0.717, 1.165) is 22.4 Å². The van der Waals surface area contributed by atoms with Crippen molar-refractivity contribution in [1.29, 1.82) is 0 Å². The Balaban J connectivity index is 1.67. The molecule has 6 heteroatoms. The summed E-state index contributed by atoms with van der Waals surface area (Å²) in [5, 5.41) is 11.2. The normalized spacial score (nSPS) is 12.0. The molecule has 5 nitrogen and oxygen atoms in total. The van der Waals surface area contributed by atoms with Crippen molar-refractivity contribution >= 4 is 23.4 Å². The van der Waals surface area contributed by atoms with Crippen LogP contribution in [-0.2, 0) is 4.79 Å². The van der Waals surface area contributed by atoms with E-state index in [9.17, 15) is 4.79 Å². The van der Waals surface area contributed by atoms with E-state index in [1.807, 2.05) is 64.1 Å². The molecule has 0 aliphatic carbocycles. The van der Waals surface area contributed by atoms with Crippen LogP contribution in [0.25, 0.3) is 11.5 Å². The van der Waals surface area contributed by atoms with Crippen molar-refractivity contribution in [2.75, 3.05) is 5.32 Å². The summed E-state index contributed by atoms with van der Waals surface area (Å²) in [5.74, 6) is 0.362. The Bertz CT molecular complexity index is 981. The van der Waals surface area contributed by atoms with Gasteiger partial charge in [-0.05, 0) is 69.5 Å². The van der Waals surface area contributed by atoms with Crippen molar-refractivity contribution in [3.63, 3.8) is 0 Å². The van der Waals surface area contributed by atoms with Gasteiger partial charge in [-0.1, -0.05) is 35.5 Å². The fraction of sp³-hybridized carbons (Fsp3) is 0.286. The molecule has 1 heterocycles. The van der Waals surface area contributed by atoms with Crippen LogP contribution in [0.5, 0.6) is 0 Å². The summed E-state index contributed by atoms with van der Waals surface area (Å²) in [4.78, 5) is 12.5. The van der Waals surface area contributed by atoms with E-state index in [2.05, 4.69) is 22.4 Å². The molecule has 0 radical (unpaired) electrons. The summed E-state index contributed by atoms with van der Waals surface area (Å²) < 4.78 is 5.74. The first-order chi connectivity index (χ1) is 12.8. The third kappa shape index (κ3) is 4.57. The molecule has 27 heavy (non-hydrogen) atoms. The SMILES string of the molecule is Cc1ccc(NC(=O)[C@@H](C)Sc2nnc(-c3ccc(C)c(C)c3)o2)c(C)c1. The first kappa shape index (κ1) is 19.2. The van der Waals surface area contributed by atoms with E-state index in [0.29, 0.717) is 11.1 Å². The lowest BCUT2D eigenvalue weighted by molar-refractivity contribution is -0.115. The number of carbonyl (C=O) groups excluding carboxylic acids is 1. The number of nitrogens with zero attached hydrogens (tertiary/aromatic N) is 2. The minimum absolute atomic E-state index is 0.0992.